The molecule has 0 aromatic heterocycles. The van der Waals surface area contributed by atoms with Crippen LogP contribution < -0.4 is 9.47 Å². The van der Waals surface area contributed by atoms with Gasteiger partial charge < -0.3 is 14.4 Å². The maximum atomic E-state index is 12.5. The zero-order valence-electron chi connectivity index (χ0n) is 13.5. The van der Waals surface area contributed by atoms with Crippen molar-refractivity contribution in [3.63, 3.8) is 0 Å². The molecule has 0 aliphatic carbocycles. The summed E-state index contributed by atoms with van der Waals surface area (Å²) in [5.74, 6) is 1.59. The van der Waals surface area contributed by atoms with Crippen LogP contribution in [0.5, 0.6) is 11.5 Å². The Hall–Kier alpha value is -2.49. The van der Waals surface area contributed by atoms with E-state index in [0.29, 0.717) is 26.2 Å². The van der Waals surface area contributed by atoms with E-state index in [1.807, 2.05) is 56.4 Å². The van der Waals surface area contributed by atoms with Crippen molar-refractivity contribution in [2.75, 3.05) is 20.3 Å². The van der Waals surface area contributed by atoms with Gasteiger partial charge in [-0.2, -0.15) is 0 Å². The lowest BCUT2D eigenvalue weighted by molar-refractivity contribution is -0.129. The number of aryl methyl sites for hydroxylation is 1. The molecule has 0 unspecified atom stereocenters. The molecule has 0 spiro atoms. The third kappa shape index (κ3) is 3.65. The molecule has 1 amide bonds. The van der Waals surface area contributed by atoms with Crippen LogP contribution in [-0.2, 0) is 17.8 Å². The van der Waals surface area contributed by atoms with Crippen LogP contribution >= 0.6 is 0 Å². The van der Waals surface area contributed by atoms with Crippen LogP contribution in [0.4, 0.5) is 0 Å². The first-order valence-electron chi connectivity index (χ1n) is 7.80. The molecule has 23 heavy (non-hydrogen) atoms. The molecule has 1 aliphatic rings. The molecular formula is C19H21NO3. The summed E-state index contributed by atoms with van der Waals surface area (Å²) in [7, 11) is 1.84. The number of carbonyl (C=O) groups is 1. The molecule has 1 aliphatic heterocycles. The van der Waals surface area contributed by atoms with E-state index < -0.39 is 0 Å². The third-order valence-electron chi connectivity index (χ3n) is 4.03. The first-order valence-corrected chi connectivity index (χ1v) is 7.80. The molecular weight excluding hydrogens is 290 g/mol. The van der Waals surface area contributed by atoms with Crippen molar-refractivity contribution in [3.8, 4) is 11.5 Å². The number of hydrogen-bond acceptors (Lipinski definition) is 3. The van der Waals surface area contributed by atoms with Crippen molar-refractivity contribution in [2.24, 2.45) is 0 Å². The molecule has 0 fully saturated rings. The third-order valence-corrected chi connectivity index (χ3v) is 4.03. The zero-order chi connectivity index (χ0) is 16.2. The van der Waals surface area contributed by atoms with Crippen LogP contribution in [0.25, 0.3) is 0 Å². The van der Waals surface area contributed by atoms with Crippen molar-refractivity contribution >= 4 is 5.91 Å². The monoisotopic (exact) mass is 311 g/mol. The Balaban J connectivity index is 1.70. The number of hydrogen-bond donors (Lipinski definition) is 0. The number of benzene rings is 2. The Kier molecular flexibility index (Phi) is 4.51. The van der Waals surface area contributed by atoms with Gasteiger partial charge in [-0.25, -0.2) is 0 Å². The first kappa shape index (κ1) is 15.4. The molecule has 0 saturated carbocycles. The lowest BCUT2D eigenvalue weighted by atomic mass is 10.0. The molecule has 0 radical (unpaired) electrons. The Bertz CT molecular complexity index is 697. The minimum atomic E-state index is 0.0913. The summed E-state index contributed by atoms with van der Waals surface area (Å²) in [5, 5.41) is 0. The molecule has 0 bridgehead atoms. The maximum Gasteiger partial charge on any atom is 0.227 e. The van der Waals surface area contributed by atoms with Crippen LogP contribution in [0.3, 0.4) is 0 Å². The molecule has 2 aromatic carbocycles. The lowest BCUT2D eigenvalue weighted by Crippen LogP contribution is -2.28. The quantitative estimate of drug-likeness (QED) is 0.871. The number of rotatable bonds is 4. The standard InChI is InChI=1S/C19H21NO3/c1-14-10-17-18(23-9-8-22-17)11-16(14)12-19(21)20(2)13-15-6-4-3-5-7-15/h3-7,10-11H,8-9,12-13H2,1-2H3. The molecule has 4 heteroatoms. The van der Waals surface area contributed by atoms with Crippen LogP contribution in [-0.4, -0.2) is 31.1 Å². The Morgan fingerprint density at radius 3 is 2.43 bits per heavy atom. The molecule has 3 rings (SSSR count). The van der Waals surface area contributed by atoms with Crippen molar-refractivity contribution in [3.05, 3.63) is 59.2 Å². The van der Waals surface area contributed by atoms with Gasteiger partial charge in [-0.1, -0.05) is 30.3 Å². The molecule has 0 atom stereocenters. The van der Waals surface area contributed by atoms with Gasteiger partial charge in [0.25, 0.3) is 0 Å². The molecule has 4 nitrogen and oxygen atoms in total. The highest BCUT2D eigenvalue weighted by molar-refractivity contribution is 5.79. The van der Waals surface area contributed by atoms with E-state index in [0.717, 1.165) is 28.2 Å². The van der Waals surface area contributed by atoms with Gasteiger partial charge in [0, 0.05) is 13.6 Å². The molecule has 1 heterocycles. The highest BCUT2D eigenvalue weighted by atomic mass is 16.6. The maximum absolute atomic E-state index is 12.5. The van der Waals surface area contributed by atoms with E-state index in [-0.39, 0.29) is 5.91 Å². The van der Waals surface area contributed by atoms with Crippen LogP contribution in [0.15, 0.2) is 42.5 Å². The fourth-order valence-corrected chi connectivity index (χ4v) is 2.67. The highest BCUT2D eigenvalue weighted by Gasteiger charge is 2.17. The predicted molar refractivity (Wildman–Crippen MR) is 88.8 cm³/mol. The van der Waals surface area contributed by atoms with Crippen LogP contribution in [0.1, 0.15) is 16.7 Å². The molecule has 0 saturated heterocycles. The second-order valence-electron chi connectivity index (χ2n) is 5.83. The van der Waals surface area contributed by atoms with E-state index in [4.69, 9.17) is 9.47 Å². The molecule has 0 N–H and O–H groups in total. The summed E-state index contributed by atoms with van der Waals surface area (Å²) in [5.41, 5.74) is 3.16. The first-order chi connectivity index (χ1) is 11.1. The number of amides is 1. The second-order valence-corrected chi connectivity index (χ2v) is 5.83. The smallest absolute Gasteiger partial charge is 0.227 e. The molecule has 2 aromatic rings. The van der Waals surface area contributed by atoms with Crippen molar-refractivity contribution < 1.29 is 14.3 Å². The van der Waals surface area contributed by atoms with E-state index in [1.54, 1.807) is 4.90 Å². The Morgan fingerprint density at radius 2 is 1.74 bits per heavy atom. The van der Waals surface area contributed by atoms with Gasteiger partial charge in [-0.05, 0) is 35.7 Å². The molecule has 120 valence electrons. The fourth-order valence-electron chi connectivity index (χ4n) is 2.67. The Morgan fingerprint density at radius 1 is 1.09 bits per heavy atom. The SMILES string of the molecule is Cc1cc2c(cc1CC(=O)N(C)Cc1ccccc1)OCCO2. The average Bonchev–Trinajstić information content (AvgIpc) is 2.56. The summed E-state index contributed by atoms with van der Waals surface area (Å²) < 4.78 is 11.2. The summed E-state index contributed by atoms with van der Waals surface area (Å²) in [6.07, 6.45) is 0.367. The van der Waals surface area contributed by atoms with Crippen LogP contribution in [0, 0.1) is 6.92 Å². The van der Waals surface area contributed by atoms with Crippen molar-refractivity contribution in [2.45, 2.75) is 19.9 Å². The highest BCUT2D eigenvalue weighted by Crippen LogP contribution is 2.33. The average molecular weight is 311 g/mol. The topological polar surface area (TPSA) is 38.8 Å². The normalized spacial score (nSPS) is 12.8. The summed E-state index contributed by atoms with van der Waals surface area (Å²) in [4.78, 5) is 14.2. The van der Waals surface area contributed by atoms with E-state index in [2.05, 4.69) is 0 Å². The minimum Gasteiger partial charge on any atom is -0.486 e. The predicted octanol–water partition coefficient (Wildman–Crippen LogP) is 2.97. The number of carbonyl (C=O) groups excluding carboxylic acids is 1. The van der Waals surface area contributed by atoms with E-state index in [9.17, 15) is 4.79 Å². The van der Waals surface area contributed by atoms with Gasteiger partial charge in [0.1, 0.15) is 13.2 Å². The van der Waals surface area contributed by atoms with Crippen molar-refractivity contribution in [1.82, 2.24) is 4.90 Å². The van der Waals surface area contributed by atoms with Gasteiger partial charge in [0.05, 0.1) is 6.42 Å². The van der Waals surface area contributed by atoms with Gasteiger partial charge in [0.2, 0.25) is 5.91 Å². The van der Waals surface area contributed by atoms with Gasteiger partial charge in [-0.3, -0.25) is 4.79 Å². The van der Waals surface area contributed by atoms with Gasteiger partial charge in [0.15, 0.2) is 11.5 Å². The second kappa shape index (κ2) is 6.73. The summed E-state index contributed by atoms with van der Waals surface area (Å²) >= 11 is 0. The Labute approximate surface area is 136 Å². The van der Waals surface area contributed by atoms with Gasteiger partial charge >= 0.3 is 0 Å². The minimum absolute atomic E-state index is 0.0913. The summed E-state index contributed by atoms with van der Waals surface area (Å²) in [6.45, 7) is 3.74. The van der Waals surface area contributed by atoms with Gasteiger partial charge in [-0.15, -0.1) is 0 Å². The largest absolute Gasteiger partial charge is 0.486 e. The van der Waals surface area contributed by atoms with Crippen molar-refractivity contribution in [1.29, 1.82) is 0 Å². The fraction of sp³-hybridized carbons (Fsp3) is 0.316. The van der Waals surface area contributed by atoms with Crippen LogP contribution in [0.2, 0.25) is 0 Å². The van der Waals surface area contributed by atoms with E-state index in [1.165, 1.54) is 0 Å². The number of likely N-dealkylation sites (N-methyl/N-ethyl adjacent to an activating group) is 1. The number of fused-ring (bicyclic) bond motifs is 1. The van der Waals surface area contributed by atoms with E-state index >= 15 is 0 Å². The number of nitrogens with zero attached hydrogens (tertiary/aromatic N) is 1. The zero-order valence-corrected chi connectivity index (χ0v) is 13.5. The summed E-state index contributed by atoms with van der Waals surface area (Å²) in [6, 6.07) is 13.9. The number of ether oxygens (including phenoxy) is 2. The lowest BCUT2D eigenvalue weighted by Gasteiger charge is -2.21.